The Bertz CT molecular complexity index is 1240. The molecule has 10 heteroatoms. The van der Waals surface area contributed by atoms with Gasteiger partial charge in [0.1, 0.15) is 6.61 Å². The van der Waals surface area contributed by atoms with Crippen molar-refractivity contribution in [2.24, 2.45) is 0 Å². The molecule has 2 aromatic carbocycles. The second-order valence-electron chi connectivity index (χ2n) is 10.2. The van der Waals surface area contributed by atoms with E-state index in [1.807, 2.05) is 36.4 Å². The third kappa shape index (κ3) is 7.45. The minimum absolute atomic E-state index is 0.0175. The van der Waals surface area contributed by atoms with Crippen molar-refractivity contribution in [1.29, 1.82) is 0 Å². The zero-order valence-corrected chi connectivity index (χ0v) is 22.3. The molecule has 0 aliphatic carbocycles. The van der Waals surface area contributed by atoms with Crippen LogP contribution in [0.1, 0.15) is 30.0 Å². The molecule has 2 N–H and O–H groups in total. The highest BCUT2D eigenvalue weighted by Crippen LogP contribution is 2.39. The standard InChI is InChI=1S/C30H34F3N3O4/c1-29(39,30(31,32)33)26-8-6-25(7-9-26)24-4-2-22(3-5-24)19-35-14-15-36(20-23-10-12-34-13-11-23)27(21-35)18-28(38)40-17-16-37/h2-13,27,37,39H,14-21H2,1H3/t27-,29?/m1/s1. The third-order valence-electron chi connectivity index (χ3n) is 7.27. The summed E-state index contributed by atoms with van der Waals surface area (Å²) in [6.07, 6.45) is -1.04. The topological polar surface area (TPSA) is 86.1 Å². The number of benzene rings is 2. The van der Waals surface area contributed by atoms with Crippen LogP contribution in [0, 0.1) is 0 Å². The van der Waals surface area contributed by atoms with Gasteiger partial charge in [-0.15, -0.1) is 0 Å². The molecule has 0 bridgehead atoms. The molecule has 3 aromatic rings. The maximum Gasteiger partial charge on any atom is 0.421 e. The van der Waals surface area contributed by atoms with Gasteiger partial charge in [0.05, 0.1) is 13.0 Å². The van der Waals surface area contributed by atoms with Crippen LogP contribution in [0.25, 0.3) is 11.1 Å². The van der Waals surface area contributed by atoms with Crippen LogP contribution in [0.15, 0.2) is 73.1 Å². The van der Waals surface area contributed by atoms with Gasteiger partial charge < -0.3 is 14.9 Å². The van der Waals surface area contributed by atoms with Crippen LogP contribution in [0.3, 0.4) is 0 Å². The summed E-state index contributed by atoms with van der Waals surface area (Å²) in [7, 11) is 0. The molecule has 0 amide bonds. The number of esters is 1. The quantitative estimate of drug-likeness (QED) is 0.363. The molecule has 1 unspecified atom stereocenters. The van der Waals surface area contributed by atoms with Crippen LogP contribution >= 0.6 is 0 Å². The van der Waals surface area contributed by atoms with Gasteiger partial charge in [-0.1, -0.05) is 48.5 Å². The van der Waals surface area contributed by atoms with Crippen LogP contribution in [0.2, 0.25) is 0 Å². The molecule has 1 aliphatic rings. The monoisotopic (exact) mass is 557 g/mol. The zero-order valence-electron chi connectivity index (χ0n) is 22.3. The summed E-state index contributed by atoms with van der Waals surface area (Å²) in [5, 5.41) is 18.9. The first-order valence-corrected chi connectivity index (χ1v) is 13.2. The molecule has 1 aliphatic heterocycles. The number of halogens is 3. The third-order valence-corrected chi connectivity index (χ3v) is 7.27. The van der Waals surface area contributed by atoms with E-state index in [2.05, 4.69) is 14.8 Å². The number of hydrogen-bond acceptors (Lipinski definition) is 7. The van der Waals surface area contributed by atoms with Gasteiger partial charge in [0.15, 0.2) is 5.60 Å². The number of alkyl halides is 3. The number of ether oxygens (including phenoxy) is 1. The number of aliphatic hydroxyl groups is 2. The summed E-state index contributed by atoms with van der Waals surface area (Å²) in [5.74, 6) is -0.340. The van der Waals surface area contributed by atoms with Gasteiger partial charge in [0, 0.05) is 51.2 Å². The van der Waals surface area contributed by atoms with Crippen molar-refractivity contribution in [2.45, 2.75) is 44.3 Å². The Hall–Kier alpha value is -3.31. The molecule has 7 nitrogen and oxygen atoms in total. The molecular weight excluding hydrogens is 523 g/mol. The van der Waals surface area contributed by atoms with Crippen molar-refractivity contribution in [3.8, 4) is 11.1 Å². The van der Waals surface area contributed by atoms with Crippen molar-refractivity contribution in [3.63, 3.8) is 0 Å². The highest BCUT2D eigenvalue weighted by Gasteiger charge is 2.51. The van der Waals surface area contributed by atoms with Gasteiger partial charge in [-0.3, -0.25) is 19.6 Å². The van der Waals surface area contributed by atoms with Crippen molar-refractivity contribution in [1.82, 2.24) is 14.8 Å². The number of piperazine rings is 1. The van der Waals surface area contributed by atoms with Gasteiger partial charge in [0.2, 0.25) is 0 Å². The van der Waals surface area contributed by atoms with Gasteiger partial charge in [-0.05, 0) is 46.9 Å². The predicted molar refractivity (Wildman–Crippen MR) is 144 cm³/mol. The largest absolute Gasteiger partial charge is 0.463 e. The summed E-state index contributed by atoms with van der Waals surface area (Å²) in [4.78, 5) is 21.0. The fourth-order valence-electron chi connectivity index (χ4n) is 4.85. The number of aromatic nitrogens is 1. The first-order valence-electron chi connectivity index (χ1n) is 13.2. The molecule has 0 spiro atoms. The summed E-state index contributed by atoms with van der Waals surface area (Å²) >= 11 is 0. The number of carbonyl (C=O) groups excluding carboxylic acids is 1. The lowest BCUT2D eigenvalue weighted by Crippen LogP contribution is -2.53. The predicted octanol–water partition coefficient (Wildman–Crippen LogP) is 4.13. The van der Waals surface area contributed by atoms with Gasteiger partial charge >= 0.3 is 12.1 Å². The molecule has 2 atom stereocenters. The van der Waals surface area contributed by atoms with Crippen LogP contribution in [-0.4, -0.2) is 76.0 Å². The number of pyridine rings is 1. The smallest absolute Gasteiger partial charge is 0.421 e. The average molecular weight is 558 g/mol. The summed E-state index contributed by atoms with van der Waals surface area (Å²) in [6, 6.07) is 17.4. The van der Waals surface area contributed by atoms with E-state index in [1.165, 1.54) is 12.1 Å². The Morgan fingerprint density at radius 2 is 1.55 bits per heavy atom. The van der Waals surface area contributed by atoms with E-state index in [4.69, 9.17) is 9.84 Å². The first-order chi connectivity index (χ1) is 19.1. The number of hydrogen-bond donors (Lipinski definition) is 2. The molecule has 40 heavy (non-hydrogen) atoms. The molecule has 4 rings (SSSR count). The van der Waals surface area contributed by atoms with Crippen LogP contribution in [0.5, 0.6) is 0 Å². The summed E-state index contributed by atoms with van der Waals surface area (Å²) in [5.41, 5.74) is 0.671. The van der Waals surface area contributed by atoms with E-state index in [1.54, 1.807) is 24.5 Å². The van der Waals surface area contributed by atoms with E-state index in [0.29, 0.717) is 19.6 Å². The van der Waals surface area contributed by atoms with E-state index < -0.39 is 11.8 Å². The van der Waals surface area contributed by atoms with E-state index in [0.717, 1.165) is 42.3 Å². The van der Waals surface area contributed by atoms with Crippen LogP contribution in [0.4, 0.5) is 13.2 Å². The van der Waals surface area contributed by atoms with Crippen molar-refractivity contribution < 1.29 is 32.9 Å². The van der Waals surface area contributed by atoms with Crippen molar-refractivity contribution in [3.05, 3.63) is 89.7 Å². The van der Waals surface area contributed by atoms with E-state index in [9.17, 15) is 23.1 Å². The number of rotatable bonds is 10. The second-order valence-corrected chi connectivity index (χ2v) is 10.2. The number of carbonyl (C=O) groups is 1. The molecular formula is C30H34F3N3O4. The van der Waals surface area contributed by atoms with Gasteiger partial charge in [0.25, 0.3) is 0 Å². The Morgan fingerprint density at radius 3 is 2.15 bits per heavy atom. The van der Waals surface area contributed by atoms with Crippen LogP contribution in [-0.2, 0) is 28.2 Å². The van der Waals surface area contributed by atoms with Gasteiger partial charge in [-0.25, -0.2) is 0 Å². The molecule has 1 aromatic heterocycles. The average Bonchev–Trinajstić information content (AvgIpc) is 2.94. The molecule has 0 saturated carbocycles. The number of nitrogens with zero attached hydrogens (tertiary/aromatic N) is 3. The number of aliphatic hydroxyl groups excluding tert-OH is 1. The van der Waals surface area contributed by atoms with Crippen molar-refractivity contribution >= 4 is 5.97 Å². The Kier molecular flexibility index (Phi) is 9.57. The maximum absolute atomic E-state index is 13.1. The van der Waals surface area contributed by atoms with Crippen LogP contribution < -0.4 is 0 Å². The minimum atomic E-state index is -4.76. The lowest BCUT2D eigenvalue weighted by atomic mass is 9.93. The molecule has 1 fully saturated rings. The summed E-state index contributed by atoms with van der Waals surface area (Å²) < 4.78 is 44.6. The Morgan fingerprint density at radius 1 is 0.950 bits per heavy atom. The van der Waals surface area contributed by atoms with Crippen molar-refractivity contribution in [2.75, 3.05) is 32.8 Å². The molecule has 1 saturated heterocycles. The zero-order chi connectivity index (χ0) is 28.8. The minimum Gasteiger partial charge on any atom is -0.463 e. The lowest BCUT2D eigenvalue weighted by molar-refractivity contribution is -0.258. The maximum atomic E-state index is 13.1. The van der Waals surface area contributed by atoms with E-state index >= 15 is 0 Å². The molecule has 0 radical (unpaired) electrons. The molecule has 214 valence electrons. The second kappa shape index (κ2) is 12.9. The fraction of sp³-hybridized carbons (Fsp3) is 0.400. The summed E-state index contributed by atoms with van der Waals surface area (Å²) in [6.45, 7) is 4.15. The Labute approximate surface area is 231 Å². The molecule has 2 heterocycles. The fourth-order valence-corrected chi connectivity index (χ4v) is 4.85. The lowest BCUT2D eigenvalue weighted by Gasteiger charge is -2.41. The highest BCUT2D eigenvalue weighted by molar-refractivity contribution is 5.70. The highest BCUT2D eigenvalue weighted by atomic mass is 19.4. The normalized spacial score (nSPS) is 18.3. The Balaban J connectivity index is 1.40. The van der Waals surface area contributed by atoms with Gasteiger partial charge in [-0.2, -0.15) is 13.2 Å². The first kappa shape index (κ1) is 29.7. The van der Waals surface area contributed by atoms with E-state index in [-0.39, 0.29) is 37.2 Å². The SMILES string of the molecule is CC(O)(c1ccc(-c2ccc(CN3CCN(Cc4ccncc4)[C@H](CC(=O)OCCO)C3)cc2)cc1)C(F)(F)F.